The Morgan fingerprint density at radius 3 is 1.60 bits per heavy atom. The van der Waals surface area contributed by atoms with Crippen molar-refractivity contribution >= 4 is 75.1 Å². The minimum absolute atomic E-state index is 0.645. The maximum absolute atomic E-state index is 5.12. The number of rotatable bonds is 6. The molecule has 0 N–H and O–H groups in total. The van der Waals surface area contributed by atoms with Crippen molar-refractivity contribution in [3.63, 3.8) is 0 Å². The molecule has 294 valence electrons. The van der Waals surface area contributed by atoms with Crippen LogP contribution in [0.3, 0.4) is 0 Å². The van der Waals surface area contributed by atoms with Crippen molar-refractivity contribution in [1.29, 1.82) is 0 Å². The normalized spacial score (nSPS) is 11.8. The van der Waals surface area contributed by atoms with Crippen molar-refractivity contribution in [3.8, 4) is 56.7 Å². The van der Waals surface area contributed by atoms with Gasteiger partial charge in [-0.05, 0) is 71.8 Å². The molecule has 9 aromatic carbocycles. The maximum atomic E-state index is 5.12. The van der Waals surface area contributed by atoms with E-state index in [0.29, 0.717) is 17.5 Å². The highest BCUT2D eigenvalue weighted by Crippen LogP contribution is 2.46. The number of fused-ring (bicyclic) bond motifs is 10. The second-order valence-electron chi connectivity index (χ2n) is 16.0. The molecule has 5 nitrogen and oxygen atoms in total. The summed E-state index contributed by atoms with van der Waals surface area (Å²) in [6.45, 7) is 0. The van der Waals surface area contributed by atoms with Crippen LogP contribution in [0.15, 0.2) is 212 Å². The summed E-state index contributed by atoms with van der Waals surface area (Å²) in [5.74, 6) is 1.94. The van der Waals surface area contributed by atoms with Crippen LogP contribution in [0.2, 0.25) is 0 Å². The lowest BCUT2D eigenvalue weighted by Gasteiger charge is -2.14. The van der Waals surface area contributed by atoms with Gasteiger partial charge in [0.1, 0.15) is 0 Å². The Hall–Kier alpha value is -8.19. The van der Waals surface area contributed by atoms with E-state index in [1.165, 1.54) is 63.9 Å². The predicted octanol–water partition coefficient (Wildman–Crippen LogP) is 15.1. The van der Waals surface area contributed by atoms with Crippen LogP contribution in [0, 0.1) is 0 Å². The first-order chi connectivity index (χ1) is 31.2. The van der Waals surface area contributed by atoms with Crippen LogP contribution in [0.1, 0.15) is 0 Å². The molecule has 0 saturated carbocycles. The van der Waals surface area contributed by atoms with Crippen LogP contribution in [-0.2, 0) is 0 Å². The Labute approximate surface area is 366 Å². The molecular weight excluding hydrogens is 787 g/mol. The van der Waals surface area contributed by atoms with E-state index in [9.17, 15) is 0 Å². The third kappa shape index (κ3) is 5.66. The highest BCUT2D eigenvalue weighted by molar-refractivity contribution is 7.26. The van der Waals surface area contributed by atoms with E-state index in [1.807, 2.05) is 47.7 Å². The van der Waals surface area contributed by atoms with Gasteiger partial charge in [-0.15, -0.1) is 11.3 Å². The molecular formula is C57H35N5S. The van der Waals surface area contributed by atoms with E-state index in [1.54, 1.807) is 0 Å². The van der Waals surface area contributed by atoms with Gasteiger partial charge in [-0.2, -0.15) is 0 Å². The molecule has 13 aromatic rings. The van der Waals surface area contributed by atoms with Gasteiger partial charge in [-0.1, -0.05) is 152 Å². The number of thiophene rings is 1. The molecule has 4 aromatic heterocycles. The highest BCUT2D eigenvalue weighted by Gasteiger charge is 2.23. The van der Waals surface area contributed by atoms with E-state index in [0.717, 1.165) is 39.1 Å². The lowest BCUT2D eigenvalue weighted by molar-refractivity contribution is 1.07. The van der Waals surface area contributed by atoms with Crippen molar-refractivity contribution in [2.24, 2.45) is 0 Å². The molecule has 0 atom stereocenters. The fourth-order valence-corrected chi connectivity index (χ4v) is 10.6. The third-order valence-corrected chi connectivity index (χ3v) is 13.5. The highest BCUT2D eigenvalue weighted by atomic mass is 32.1. The monoisotopic (exact) mass is 821 g/mol. The van der Waals surface area contributed by atoms with E-state index in [2.05, 4.69) is 185 Å². The quantitative estimate of drug-likeness (QED) is 0.168. The second kappa shape index (κ2) is 14.2. The zero-order chi connectivity index (χ0) is 41.4. The molecule has 0 amide bonds. The number of hydrogen-bond donors (Lipinski definition) is 0. The third-order valence-electron chi connectivity index (χ3n) is 12.4. The van der Waals surface area contributed by atoms with Gasteiger partial charge in [0.2, 0.25) is 0 Å². The minimum atomic E-state index is 0.645. The van der Waals surface area contributed by atoms with Crippen molar-refractivity contribution in [1.82, 2.24) is 24.1 Å². The summed E-state index contributed by atoms with van der Waals surface area (Å²) in [7, 11) is 0. The smallest absolute Gasteiger partial charge is 0.164 e. The summed E-state index contributed by atoms with van der Waals surface area (Å²) < 4.78 is 7.41. The first-order valence-electron chi connectivity index (χ1n) is 21.2. The standard InChI is InChI=1S/C57H35N5S/c1-5-16-36(17-6-1)39-28-30-43-42-24-13-14-26-46(42)62(49(43)35-39)48-27-15-25-44-52-47(61(54(44)48)41-22-11-4-12-23-41)31-33-51-53(52)45-34-40(29-32-50(45)63-51)57-59-55(37-18-7-2-8-19-37)58-56(60-57)38-20-9-3-10-21-38/h1-35H. The predicted molar refractivity (Wildman–Crippen MR) is 263 cm³/mol. The summed E-state index contributed by atoms with van der Waals surface area (Å²) in [6.07, 6.45) is 0. The van der Waals surface area contributed by atoms with Crippen molar-refractivity contribution in [2.45, 2.75) is 0 Å². The first kappa shape index (κ1) is 35.6. The lowest BCUT2D eigenvalue weighted by atomic mass is 10.0. The number of aromatic nitrogens is 5. The number of hydrogen-bond acceptors (Lipinski definition) is 4. The summed E-state index contributed by atoms with van der Waals surface area (Å²) in [4.78, 5) is 15.2. The van der Waals surface area contributed by atoms with Crippen LogP contribution in [0.4, 0.5) is 0 Å². The first-order valence-corrected chi connectivity index (χ1v) is 22.0. The van der Waals surface area contributed by atoms with E-state index in [4.69, 9.17) is 15.0 Å². The Morgan fingerprint density at radius 1 is 0.317 bits per heavy atom. The van der Waals surface area contributed by atoms with Crippen molar-refractivity contribution in [2.75, 3.05) is 0 Å². The summed E-state index contributed by atoms with van der Waals surface area (Å²) in [5, 5.41) is 7.31. The lowest BCUT2D eigenvalue weighted by Crippen LogP contribution is -2.00. The topological polar surface area (TPSA) is 48.5 Å². The SMILES string of the molecule is c1ccc(-c2ccc3c4ccccc4n(-c4cccc5c6c7c(ccc6n(-c6ccccc6)c45)sc4ccc(-c5nc(-c6ccccc6)nc(-c6ccccc6)n5)cc47)c3c2)cc1. The van der Waals surface area contributed by atoms with Gasteiger partial charge < -0.3 is 9.13 Å². The van der Waals surface area contributed by atoms with Crippen LogP contribution in [-0.4, -0.2) is 24.1 Å². The Bertz CT molecular complexity index is 3830. The number of benzene rings is 9. The van der Waals surface area contributed by atoms with Crippen LogP contribution in [0.25, 0.3) is 120 Å². The molecule has 0 saturated heterocycles. The zero-order valence-corrected chi connectivity index (χ0v) is 34.7. The van der Waals surface area contributed by atoms with Gasteiger partial charge in [-0.3, -0.25) is 0 Å². The molecule has 0 aliphatic heterocycles. The van der Waals surface area contributed by atoms with Gasteiger partial charge in [0.15, 0.2) is 17.5 Å². The van der Waals surface area contributed by atoms with Crippen LogP contribution >= 0.6 is 11.3 Å². The number of para-hydroxylation sites is 3. The summed E-state index contributed by atoms with van der Waals surface area (Å²) >= 11 is 1.83. The van der Waals surface area contributed by atoms with E-state index >= 15 is 0 Å². The largest absolute Gasteiger partial charge is 0.307 e. The van der Waals surface area contributed by atoms with Crippen molar-refractivity contribution < 1.29 is 0 Å². The summed E-state index contributed by atoms with van der Waals surface area (Å²) in [5.41, 5.74) is 12.1. The van der Waals surface area contributed by atoms with Gasteiger partial charge in [0.25, 0.3) is 0 Å². The molecule has 0 unspecified atom stereocenters. The van der Waals surface area contributed by atoms with E-state index in [-0.39, 0.29) is 0 Å². The average molecular weight is 822 g/mol. The van der Waals surface area contributed by atoms with Gasteiger partial charge >= 0.3 is 0 Å². The van der Waals surface area contributed by atoms with Gasteiger partial charge in [-0.25, -0.2) is 15.0 Å². The van der Waals surface area contributed by atoms with Gasteiger partial charge in [0, 0.05) is 64.1 Å². The van der Waals surface area contributed by atoms with Crippen LogP contribution in [0.5, 0.6) is 0 Å². The van der Waals surface area contributed by atoms with Crippen LogP contribution < -0.4 is 0 Å². The molecule has 0 radical (unpaired) electrons. The molecule has 13 rings (SSSR count). The fraction of sp³-hybridized carbons (Fsp3) is 0. The molecule has 0 aliphatic carbocycles. The summed E-state index contributed by atoms with van der Waals surface area (Å²) in [6, 6.07) is 75.7. The zero-order valence-electron chi connectivity index (χ0n) is 33.9. The Kier molecular flexibility index (Phi) is 8.01. The molecule has 0 bridgehead atoms. The molecule has 0 fully saturated rings. The second-order valence-corrected chi connectivity index (χ2v) is 17.1. The minimum Gasteiger partial charge on any atom is -0.307 e. The molecule has 63 heavy (non-hydrogen) atoms. The maximum Gasteiger partial charge on any atom is 0.164 e. The number of nitrogens with zero attached hydrogens (tertiary/aromatic N) is 5. The Morgan fingerprint density at radius 2 is 0.889 bits per heavy atom. The molecule has 4 heterocycles. The fourth-order valence-electron chi connectivity index (χ4n) is 9.55. The average Bonchev–Trinajstić information content (AvgIpc) is 4.02. The van der Waals surface area contributed by atoms with E-state index < -0.39 is 0 Å². The molecule has 6 heteroatoms. The molecule has 0 spiro atoms. The van der Waals surface area contributed by atoms with Crippen molar-refractivity contribution in [3.05, 3.63) is 212 Å². The Balaban J connectivity index is 1.10. The van der Waals surface area contributed by atoms with Gasteiger partial charge in [0.05, 0.1) is 27.8 Å². The molecule has 0 aliphatic rings.